The molecular weight excluding hydrogens is 362 g/mol. The van der Waals surface area contributed by atoms with Gasteiger partial charge in [0.25, 0.3) is 0 Å². The second kappa shape index (κ2) is 10.4. The van der Waals surface area contributed by atoms with E-state index < -0.39 is 0 Å². The van der Waals surface area contributed by atoms with E-state index in [1.165, 1.54) is 64.0 Å². The maximum Gasteiger partial charge on any atom is 0.193 e. The minimum absolute atomic E-state index is 0.795. The van der Waals surface area contributed by atoms with Crippen LogP contribution in [-0.4, -0.2) is 76.3 Å². The van der Waals surface area contributed by atoms with Gasteiger partial charge in [-0.2, -0.15) is 0 Å². The monoisotopic (exact) mass is 401 g/mol. The molecule has 1 N–H and O–H groups in total. The van der Waals surface area contributed by atoms with E-state index in [1.807, 2.05) is 0 Å². The molecule has 4 heterocycles. The Kier molecular flexibility index (Phi) is 7.41. The molecule has 1 aromatic heterocycles. The van der Waals surface area contributed by atoms with Crippen LogP contribution in [0.3, 0.4) is 0 Å². The molecule has 0 bridgehead atoms. The molecule has 0 aliphatic carbocycles. The molecule has 3 aliphatic heterocycles. The number of nitrogens with zero attached hydrogens (tertiary/aromatic N) is 6. The Morgan fingerprint density at radius 3 is 2.79 bits per heavy atom. The lowest BCUT2D eigenvalue weighted by Crippen LogP contribution is -2.40. The summed E-state index contributed by atoms with van der Waals surface area (Å²) in [5, 5.41) is 12.4. The highest BCUT2D eigenvalue weighted by Crippen LogP contribution is 2.20. The summed E-state index contributed by atoms with van der Waals surface area (Å²) >= 11 is 0. The van der Waals surface area contributed by atoms with E-state index in [9.17, 15) is 0 Å². The standard InChI is InChI=1S/C22H39N7/c1-2-23-22(28-16-11-19(18-28)17-27-13-6-7-14-27)24-12-8-10-21-26-25-20-9-4-3-5-15-29(20)21/h19H,2-18H2,1H3,(H,23,24). The van der Waals surface area contributed by atoms with E-state index in [1.54, 1.807) is 0 Å². The van der Waals surface area contributed by atoms with Gasteiger partial charge in [0.2, 0.25) is 0 Å². The summed E-state index contributed by atoms with van der Waals surface area (Å²) in [6, 6.07) is 0. The number of nitrogens with one attached hydrogen (secondary N) is 1. The van der Waals surface area contributed by atoms with E-state index in [0.29, 0.717) is 0 Å². The van der Waals surface area contributed by atoms with Gasteiger partial charge >= 0.3 is 0 Å². The third-order valence-corrected chi connectivity index (χ3v) is 6.64. The summed E-state index contributed by atoms with van der Waals surface area (Å²) in [5.74, 6) is 4.25. The van der Waals surface area contributed by atoms with Gasteiger partial charge in [-0.15, -0.1) is 10.2 Å². The fourth-order valence-corrected chi connectivity index (χ4v) is 5.08. The fourth-order valence-electron chi connectivity index (χ4n) is 5.08. The van der Waals surface area contributed by atoms with Crippen molar-refractivity contribution in [3.05, 3.63) is 11.6 Å². The van der Waals surface area contributed by atoms with Gasteiger partial charge in [-0.05, 0) is 64.5 Å². The summed E-state index contributed by atoms with van der Waals surface area (Å²) < 4.78 is 2.37. The molecule has 2 fully saturated rings. The van der Waals surface area contributed by atoms with Crippen molar-refractivity contribution in [1.29, 1.82) is 0 Å². The third kappa shape index (κ3) is 5.50. The van der Waals surface area contributed by atoms with E-state index >= 15 is 0 Å². The first kappa shape index (κ1) is 20.6. The van der Waals surface area contributed by atoms with Crippen molar-refractivity contribution in [2.75, 3.05) is 45.8 Å². The first-order valence-electron chi connectivity index (χ1n) is 12.0. The van der Waals surface area contributed by atoms with Gasteiger partial charge in [0.15, 0.2) is 5.96 Å². The zero-order valence-corrected chi connectivity index (χ0v) is 18.3. The lowest BCUT2D eigenvalue weighted by molar-refractivity contribution is 0.281. The van der Waals surface area contributed by atoms with Crippen molar-refractivity contribution in [2.24, 2.45) is 10.9 Å². The summed E-state index contributed by atoms with van der Waals surface area (Å²) in [6.45, 7) is 11.2. The number of aliphatic imine (C=N–C) groups is 1. The number of likely N-dealkylation sites (tertiary alicyclic amines) is 2. The maximum atomic E-state index is 4.95. The molecule has 162 valence electrons. The first-order chi connectivity index (χ1) is 14.3. The highest BCUT2D eigenvalue weighted by molar-refractivity contribution is 5.80. The zero-order chi connectivity index (χ0) is 19.9. The second-order valence-corrected chi connectivity index (χ2v) is 8.94. The molecule has 7 nitrogen and oxygen atoms in total. The lowest BCUT2D eigenvalue weighted by Gasteiger charge is -2.23. The van der Waals surface area contributed by atoms with E-state index in [2.05, 4.69) is 36.8 Å². The normalized spacial score (nSPS) is 23.4. The lowest BCUT2D eigenvalue weighted by atomic mass is 10.1. The van der Waals surface area contributed by atoms with E-state index in [-0.39, 0.29) is 0 Å². The van der Waals surface area contributed by atoms with Crippen LogP contribution in [-0.2, 0) is 19.4 Å². The highest BCUT2D eigenvalue weighted by atomic mass is 15.3. The summed E-state index contributed by atoms with van der Waals surface area (Å²) in [4.78, 5) is 10.1. The second-order valence-electron chi connectivity index (χ2n) is 8.94. The number of guanidine groups is 1. The van der Waals surface area contributed by atoms with Gasteiger partial charge in [0.1, 0.15) is 11.6 Å². The third-order valence-electron chi connectivity index (χ3n) is 6.64. The maximum absolute atomic E-state index is 4.95. The van der Waals surface area contributed by atoms with Gasteiger partial charge in [-0.1, -0.05) is 6.42 Å². The highest BCUT2D eigenvalue weighted by Gasteiger charge is 2.27. The fraction of sp³-hybridized carbons (Fsp3) is 0.864. The largest absolute Gasteiger partial charge is 0.357 e. The van der Waals surface area contributed by atoms with Crippen LogP contribution in [0, 0.1) is 5.92 Å². The van der Waals surface area contributed by atoms with Crippen molar-refractivity contribution in [3.8, 4) is 0 Å². The number of fused-ring (bicyclic) bond motifs is 1. The van der Waals surface area contributed by atoms with Crippen LogP contribution in [0.15, 0.2) is 4.99 Å². The van der Waals surface area contributed by atoms with Gasteiger partial charge in [-0.3, -0.25) is 4.99 Å². The van der Waals surface area contributed by atoms with Crippen LogP contribution < -0.4 is 5.32 Å². The van der Waals surface area contributed by atoms with Crippen LogP contribution in [0.25, 0.3) is 0 Å². The van der Waals surface area contributed by atoms with Gasteiger partial charge in [-0.25, -0.2) is 0 Å². The van der Waals surface area contributed by atoms with E-state index in [4.69, 9.17) is 4.99 Å². The van der Waals surface area contributed by atoms with Gasteiger partial charge < -0.3 is 19.7 Å². The number of aryl methyl sites for hydroxylation is 2. The molecular formula is C22H39N7. The molecule has 0 saturated carbocycles. The quantitative estimate of drug-likeness (QED) is 0.432. The number of rotatable bonds is 7. The Bertz CT molecular complexity index is 662. The van der Waals surface area contributed by atoms with Crippen molar-refractivity contribution in [2.45, 2.75) is 71.3 Å². The van der Waals surface area contributed by atoms with Crippen molar-refractivity contribution in [3.63, 3.8) is 0 Å². The molecule has 0 radical (unpaired) electrons. The molecule has 1 atom stereocenters. The Hall–Kier alpha value is -1.63. The average molecular weight is 402 g/mol. The molecule has 0 aromatic carbocycles. The molecule has 1 aromatic rings. The predicted octanol–water partition coefficient (Wildman–Crippen LogP) is 2.32. The molecule has 4 rings (SSSR count). The van der Waals surface area contributed by atoms with Crippen LogP contribution in [0.2, 0.25) is 0 Å². The van der Waals surface area contributed by atoms with Crippen LogP contribution >= 0.6 is 0 Å². The molecule has 2 saturated heterocycles. The number of aromatic nitrogens is 3. The predicted molar refractivity (Wildman–Crippen MR) is 117 cm³/mol. The topological polar surface area (TPSA) is 61.6 Å². The summed E-state index contributed by atoms with van der Waals surface area (Å²) in [7, 11) is 0. The summed E-state index contributed by atoms with van der Waals surface area (Å²) in [6.07, 6.45) is 11.0. The Morgan fingerprint density at radius 2 is 1.93 bits per heavy atom. The summed E-state index contributed by atoms with van der Waals surface area (Å²) in [5.41, 5.74) is 0. The molecule has 3 aliphatic rings. The SMILES string of the molecule is CCNC(=NCCCc1nnc2n1CCCCC2)N1CCC(CN2CCCC2)C1. The average Bonchev–Trinajstić information content (AvgIpc) is 3.45. The minimum atomic E-state index is 0.795. The Balaban J connectivity index is 1.26. The number of hydrogen-bond donors (Lipinski definition) is 1. The van der Waals surface area contributed by atoms with Crippen molar-refractivity contribution < 1.29 is 0 Å². The van der Waals surface area contributed by atoms with Crippen LogP contribution in [0.4, 0.5) is 0 Å². The molecule has 1 unspecified atom stereocenters. The zero-order valence-electron chi connectivity index (χ0n) is 18.3. The van der Waals surface area contributed by atoms with E-state index in [0.717, 1.165) is 69.7 Å². The number of hydrogen-bond acceptors (Lipinski definition) is 4. The van der Waals surface area contributed by atoms with Crippen LogP contribution in [0.1, 0.15) is 63.5 Å². The van der Waals surface area contributed by atoms with Crippen LogP contribution in [0.5, 0.6) is 0 Å². The minimum Gasteiger partial charge on any atom is -0.357 e. The smallest absolute Gasteiger partial charge is 0.193 e. The molecule has 0 amide bonds. The first-order valence-corrected chi connectivity index (χ1v) is 12.0. The van der Waals surface area contributed by atoms with Crippen molar-refractivity contribution >= 4 is 5.96 Å². The van der Waals surface area contributed by atoms with Gasteiger partial charge in [0.05, 0.1) is 0 Å². The molecule has 29 heavy (non-hydrogen) atoms. The van der Waals surface area contributed by atoms with Gasteiger partial charge in [0, 0.05) is 52.1 Å². The molecule has 0 spiro atoms. The molecule has 7 heteroatoms. The Labute approximate surface area is 176 Å². The van der Waals surface area contributed by atoms with Crippen molar-refractivity contribution in [1.82, 2.24) is 29.9 Å². The Morgan fingerprint density at radius 1 is 1.07 bits per heavy atom.